The average Bonchev–Trinajstić information content (AvgIpc) is 3.14. The molecule has 5 nitrogen and oxygen atoms in total. The summed E-state index contributed by atoms with van der Waals surface area (Å²) < 4.78 is 44.7. The molecule has 2 aliphatic heterocycles. The van der Waals surface area contributed by atoms with E-state index < -0.39 is 24.0 Å². The number of halogens is 2. The van der Waals surface area contributed by atoms with E-state index in [0.717, 1.165) is 19.3 Å². The first-order valence-corrected chi connectivity index (χ1v) is 9.81. The summed E-state index contributed by atoms with van der Waals surface area (Å²) in [5.41, 5.74) is 0. The summed E-state index contributed by atoms with van der Waals surface area (Å²) in [6, 6.07) is 0. The maximum atomic E-state index is 13.9. The fourth-order valence-electron chi connectivity index (χ4n) is 3.97. The van der Waals surface area contributed by atoms with Gasteiger partial charge in [-0.05, 0) is 31.6 Å². The first-order valence-electron chi connectivity index (χ1n) is 9.81. The zero-order valence-electron chi connectivity index (χ0n) is 15.5. The van der Waals surface area contributed by atoms with Crippen LogP contribution in [0.1, 0.15) is 58.3 Å². The maximum Gasteiger partial charge on any atom is 0.317 e. The van der Waals surface area contributed by atoms with Gasteiger partial charge in [-0.15, -0.1) is 0 Å². The summed E-state index contributed by atoms with van der Waals surface area (Å²) in [6.07, 6.45) is 2.65. The average molecular weight is 384 g/mol. The number of esters is 1. The number of hydrogen-bond acceptors (Lipinski definition) is 5. The van der Waals surface area contributed by atoms with Gasteiger partial charge in [0.25, 0.3) is 5.78 Å². The van der Waals surface area contributed by atoms with Gasteiger partial charge >= 0.3 is 11.9 Å². The fourth-order valence-corrected chi connectivity index (χ4v) is 3.97. The van der Waals surface area contributed by atoms with Crippen LogP contribution in [0.3, 0.4) is 0 Å². The molecule has 3 fully saturated rings. The number of carbonyl (C=O) groups is 2. The number of alkyl halides is 2. The van der Waals surface area contributed by atoms with E-state index in [9.17, 15) is 18.4 Å². The Hall–Kier alpha value is -1.52. The highest BCUT2D eigenvalue weighted by atomic mass is 19.3. The molecule has 1 unspecified atom stereocenters. The minimum absolute atomic E-state index is 0.176. The van der Waals surface area contributed by atoms with Crippen molar-refractivity contribution in [3.8, 4) is 11.8 Å². The van der Waals surface area contributed by atoms with Crippen molar-refractivity contribution in [3.63, 3.8) is 0 Å². The lowest BCUT2D eigenvalue weighted by Gasteiger charge is -2.28. The predicted molar refractivity (Wildman–Crippen MR) is 91.8 cm³/mol. The zero-order valence-corrected chi connectivity index (χ0v) is 15.5. The largest absolute Gasteiger partial charge is 0.462 e. The van der Waals surface area contributed by atoms with Crippen LogP contribution in [-0.2, 0) is 23.8 Å². The molecule has 0 aromatic rings. The van der Waals surface area contributed by atoms with Gasteiger partial charge < -0.3 is 14.2 Å². The highest BCUT2D eigenvalue weighted by molar-refractivity contribution is 6.00. The van der Waals surface area contributed by atoms with Crippen molar-refractivity contribution in [2.45, 2.75) is 82.7 Å². The molecular formula is C20H26F2O5. The third kappa shape index (κ3) is 4.85. The predicted octanol–water partition coefficient (Wildman–Crippen LogP) is 3.25. The van der Waals surface area contributed by atoms with Crippen LogP contribution in [0.15, 0.2) is 0 Å². The summed E-state index contributed by atoms with van der Waals surface area (Å²) in [7, 11) is 0. The molecule has 0 N–H and O–H groups in total. The summed E-state index contributed by atoms with van der Waals surface area (Å²) in [5, 5.41) is 0. The molecule has 1 aliphatic carbocycles. The topological polar surface area (TPSA) is 61.8 Å². The molecular weight excluding hydrogens is 358 g/mol. The highest BCUT2D eigenvalue weighted by Crippen LogP contribution is 2.43. The molecule has 150 valence electrons. The molecule has 0 spiro atoms. The van der Waals surface area contributed by atoms with Crippen LogP contribution >= 0.6 is 0 Å². The van der Waals surface area contributed by atoms with E-state index in [1.165, 1.54) is 0 Å². The van der Waals surface area contributed by atoms with Crippen molar-refractivity contribution >= 4 is 11.8 Å². The van der Waals surface area contributed by atoms with Crippen LogP contribution < -0.4 is 0 Å². The second-order valence-electron chi connectivity index (χ2n) is 7.53. The molecule has 5 atom stereocenters. The standard InChI is InChI=1S/C20H26F2O5/c1-2-3-9-20(21,22)17(23)8-7-13-14-11-18(24)26-16(14)12-15(13)27-19-6-4-5-10-25-19/h13-16,19H,2-6,9-12H2,1H3/t13-,14+,15+,16-,19?/m0/s1. The van der Waals surface area contributed by atoms with Crippen molar-refractivity contribution in [3.05, 3.63) is 0 Å². The van der Waals surface area contributed by atoms with Gasteiger partial charge in [-0.3, -0.25) is 9.59 Å². The maximum absolute atomic E-state index is 13.9. The minimum Gasteiger partial charge on any atom is -0.462 e. The Bertz CT molecular complexity index is 618. The van der Waals surface area contributed by atoms with E-state index in [-0.39, 0.29) is 43.2 Å². The van der Waals surface area contributed by atoms with E-state index in [4.69, 9.17) is 14.2 Å². The normalized spacial score (nSPS) is 33.1. The quantitative estimate of drug-likeness (QED) is 0.400. The van der Waals surface area contributed by atoms with Gasteiger partial charge in [-0.1, -0.05) is 19.3 Å². The second kappa shape index (κ2) is 8.66. The SMILES string of the molecule is CCCCC(F)(F)C(=O)C#C[C@H]1[C@H]2CC(=O)O[C@H]2C[C@H]1OC1CCCCO1. The molecule has 3 rings (SSSR count). The number of Topliss-reactive ketones (excluding diaryl/α,β-unsaturated/α-hetero) is 1. The van der Waals surface area contributed by atoms with Crippen LogP contribution in [0.5, 0.6) is 0 Å². The van der Waals surface area contributed by atoms with Crippen LogP contribution in [0, 0.1) is 23.7 Å². The van der Waals surface area contributed by atoms with Crippen molar-refractivity contribution < 1.29 is 32.6 Å². The Balaban J connectivity index is 1.70. The molecule has 2 saturated heterocycles. The van der Waals surface area contributed by atoms with Crippen molar-refractivity contribution in [1.82, 2.24) is 0 Å². The Labute approximate surface area is 158 Å². The number of ketones is 1. The van der Waals surface area contributed by atoms with E-state index in [1.54, 1.807) is 6.92 Å². The molecule has 3 aliphatic rings. The molecule has 2 heterocycles. The van der Waals surface area contributed by atoms with Gasteiger partial charge in [0.15, 0.2) is 6.29 Å². The van der Waals surface area contributed by atoms with E-state index in [1.807, 2.05) is 0 Å². The second-order valence-corrected chi connectivity index (χ2v) is 7.53. The summed E-state index contributed by atoms with van der Waals surface area (Å²) >= 11 is 0. The lowest BCUT2D eigenvalue weighted by molar-refractivity contribution is -0.193. The Kier molecular flexibility index (Phi) is 6.48. The number of carbonyl (C=O) groups excluding carboxylic acids is 2. The third-order valence-corrected chi connectivity index (χ3v) is 5.48. The molecule has 0 bridgehead atoms. The molecule has 27 heavy (non-hydrogen) atoms. The summed E-state index contributed by atoms with van der Waals surface area (Å²) in [5.74, 6) is -0.987. The van der Waals surface area contributed by atoms with Gasteiger partial charge in [-0.2, -0.15) is 8.78 Å². The van der Waals surface area contributed by atoms with Crippen LogP contribution in [0.4, 0.5) is 8.78 Å². The van der Waals surface area contributed by atoms with Crippen LogP contribution in [0.25, 0.3) is 0 Å². The molecule has 0 amide bonds. The molecule has 1 saturated carbocycles. The Morgan fingerprint density at radius 3 is 2.89 bits per heavy atom. The van der Waals surface area contributed by atoms with Gasteiger partial charge in [0.05, 0.1) is 18.4 Å². The molecule has 7 heteroatoms. The minimum atomic E-state index is -3.44. The van der Waals surface area contributed by atoms with Crippen LogP contribution in [0.2, 0.25) is 0 Å². The molecule has 0 aromatic heterocycles. The monoisotopic (exact) mass is 384 g/mol. The highest BCUT2D eigenvalue weighted by Gasteiger charge is 2.51. The van der Waals surface area contributed by atoms with Crippen molar-refractivity contribution in [2.75, 3.05) is 6.61 Å². The van der Waals surface area contributed by atoms with Crippen molar-refractivity contribution in [1.29, 1.82) is 0 Å². The van der Waals surface area contributed by atoms with E-state index >= 15 is 0 Å². The van der Waals surface area contributed by atoms with Gasteiger partial charge in [-0.25, -0.2) is 0 Å². The van der Waals surface area contributed by atoms with Gasteiger partial charge in [0.2, 0.25) is 0 Å². The fraction of sp³-hybridized carbons (Fsp3) is 0.800. The number of unbranched alkanes of at least 4 members (excludes halogenated alkanes) is 1. The zero-order chi connectivity index (χ0) is 19.4. The lowest BCUT2D eigenvalue weighted by atomic mass is 9.92. The molecule has 0 aromatic carbocycles. The smallest absolute Gasteiger partial charge is 0.317 e. The van der Waals surface area contributed by atoms with Gasteiger partial charge in [0, 0.05) is 25.4 Å². The first-order chi connectivity index (χ1) is 12.9. The number of fused-ring (bicyclic) bond motifs is 1. The van der Waals surface area contributed by atoms with E-state index in [0.29, 0.717) is 19.4 Å². The summed E-state index contributed by atoms with van der Waals surface area (Å²) in [6.45, 7) is 2.41. The number of ether oxygens (including phenoxy) is 3. The van der Waals surface area contributed by atoms with Gasteiger partial charge in [0.1, 0.15) is 6.10 Å². The first kappa shape index (κ1) is 20.2. The van der Waals surface area contributed by atoms with E-state index in [2.05, 4.69) is 11.8 Å². The third-order valence-electron chi connectivity index (χ3n) is 5.48. The number of rotatable bonds is 6. The van der Waals surface area contributed by atoms with Crippen LogP contribution in [-0.4, -0.2) is 42.8 Å². The van der Waals surface area contributed by atoms with Crippen molar-refractivity contribution in [2.24, 2.45) is 11.8 Å². The molecule has 0 radical (unpaired) electrons. The Morgan fingerprint density at radius 2 is 2.19 bits per heavy atom. The number of hydrogen-bond donors (Lipinski definition) is 0. The lowest BCUT2D eigenvalue weighted by Crippen LogP contribution is -2.31. The Morgan fingerprint density at radius 1 is 1.37 bits per heavy atom. The summed E-state index contributed by atoms with van der Waals surface area (Å²) in [4.78, 5) is 23.5.